The minimum absolute atomic E-state index is 0.525. The van der Waals surface area contributed by atoms with Gasteiger partial charge in [0.2, 0.25) is 0 Å². The van der Waals surface area contributed by atoms with Gasteiger partial charge < -0.3 is 5.73 Å². The van der Waals surface area contributed by atoms with Crippen molar-refractivity contribution in [1.82, 2.24) is 4.98 Å². The molecule has 0 aliphatic rings. The van der Waals surface area contributed by atoms with Crippen molar-refractivity contribution in [1.29, 1.82) is 0 Å². The van der Waals surface area contributed by atoms with E-state index < -0.39 is 0 Å². The third-order valence-electron chi connectivity index (χ3n) is 2.82. The molecule has 2 N–H and O–H groups in total. The summed E-state index contributed by atoms with van der Waals surface area (Å²) in [5, 5.41) is 0. The Morgan fingerprint density at radius 3 is 2.20 bits per heavy atom. The van der Waals surface area contributed by atoms with E-state index >= 15 is 0 Å². The van der Waals surface area contributed by atoms with Gasteiger partial charge in [-0.25, -0.2) is 0 Å². The van der Waals surface area contributed by atoms with E-state index in [0.717, 1.165) is 5.69 Å². The van der Waals surface area contributed by atoms with Crippen molar-refractivity contribution in [2.24, 2.45) is 17.6 Å². The summed E-state index contributed by atoms with van der Waals surface area (Å²) < 4.78 is 0. The quantitative estimate of drug-likeness (QED) is 0.822. The fraction of sp³-hybridized carbons (Fsp3) is 0.615. The zero-order valence-corrected chi connectivity index (χ0v) is 10.2. The highest BCUT2D eigenvalue weighted by atomic mass is 14.8. The van der Waals surface area contributed by atoms with E-state index in [2.05, 4.69) is 44.8 Å². The van der Waals surface area contributed by atoms with Gasteiger partial charge in [-0.15, -0.1) is 0 Å². The van der Waals surface area contributed by atoms with E-state index in [0.29, 0.717) is 24.3 Å². The Morgan fingerprint density at radius 2 is 1.73 bits per heavy atom. The standard InChI is InChI=1S/C13H22N2/c1-9(2)13(10(3)4)12-7-5-6-11(8-14)15-12/h5-7,9-10,13H,8,14H2,1-4H3. The molecule has 0 unspecified atom stereocenters. The van der Waals surface area contributed by atoms with Gasteiger partial charge in [-0.3, -0.25) is 4.98 Å². The van der Waals surface area contributed by atoms with Crippen LogP contribution in [0.3, 0.4) is 0 Å². The van der Waals surface area contributed by atoms with Crippen LogP contribution in [0.15, 0.2) is 18.2 Å². The van der Waals surface area contributed by atoms with E-state index in [1.54, 1.807) is 0 Å². The van der Waals surface area contributed by atoms with Gasteiger partial charge in [0.05, 0.1) is 5.69 Å². The Morgan fingerprint density at radius 1 is 1.13 bits per heavy atom. The van der Waals surface area contributed by atoms with Crippen LogP contribution in [-0.4, -0.2) is 4.98 Å². The van der Waals surface area contributed by atoms with Crippen LogP contribution in [0, 0.1) is 11.8 Å². The summed E-state index contributed by atoms with van der Waals surface area (Å²) in [6.07, 6.45) is 0. The zero-order valence-electron chi connectivity index (χ0n) is 10.2. The molecule has 0 atom stereocenters. The maximum atomic E-state index is 5.61. The minimum Gasteiger partial charge on any atom is -0.325 e. The van der Waals surface area contributed by atoms with Crippen LogP contribution in [0.2, 0.25) is 0 Å². The van der Waals surface area contributed by atoms with Gasteiger partial charge in [0.1, 0.15) is 0 Å². The Labute approximate surface area is 92.9 Å². The number of hydrogen-bond donors (Lipinski definition) is 1. The summed E-state index contributed by atoms with van der Waals surface area (Å²) in [5.74, 6) is 1.76. The Kier molecular flexibility index (Phi) is 4.28. The minimum atomic E-state index is 0.525. The molecule has 0 saturated carbocycles. The molecule has 0 aliphatic heterocycles. The number of nitrogens with two attached hydrogens (primary N) is 1. The van der Waals surface area contributed by atoms with Gasteiger partial charge in [0.15, 0.2) is 0 Å². The smallest absolute Gasteiger partial charge is 0.0542 e. The molecule has 0 aliphatic carbocycles. The molecule has 0 amide bonds. The van der Waals surface area contributed by atoms with Crippen molar-refractivity contribution < 1.29 is 0 Å². The van der Waals surface area contributed by atoms with E-state index in [4.69, 9.17) is 5.73 Å². The van der Waals surface area contributed by atoms with Crippen LogP contribution in [0.4, 0.5) is 0 Å². The Balaban J connectivity index is 3.00. The zero-order chi connectivity index (χ0) is 11.4. The number of pyridine rings is 1. The van der Waals surface area contributed by atoms with Gasteiger partial charge in [-0.2, -0.15) is 0 Å². The molecular weight excluding hydrogens is 184 g/mol. The second kappa shape index (κ2) is 5.26. The Bertz CT molecular complexity index is 297. The SMILES string of the molecule is CC(C)C(c1cccc(CN)n1)C(C)C. The van der Waals surface area contributed by atoms with Crippen LogP contribution >= 0.6 is 0 Å². The van der Waals surface area contributed by atoms with E-state index in [9.17, 15) is 0 Å². The maximum absolute atomic E-state index is 5.61. The third kappa shape index (κ3) is 3.03. The molecular formula is C13H22N2. The van der Waals surface area contributed by atoms with Crippen molar-refractivity contribution in [3.05, 3.63) is 29.6 Å². The second-order valence-corrected chi connectivity index (χ2v) is 4.77. The van der Waals surface area contributed by atoms with Gasteiger partial charge in [0.25, 0.3) is 0 Å². The van der Waals surface area contributed by atoms with Crippen LogP contribution in [-0.2, 0) is 6.54 Å². The average molecular weight is 206 g/mol. The van der Waals surface area contributed by atoms with Gasteiger partial charge in [-0.1, -0.05) is 33.8 Å². The number of aromatic nitrogens is 1. The first-order valence-electron chi connectivity index (χ1n) is 5.72. The largest absolute Gasteiger partial charge is 0.325 e. The lowest BCUT2D eigenvalue weighted by Gasteiger charge is -2.24. The molecule has 1 aromatic rings. The number of hydrogen-bond acceptors (Lipinski definition) is 2. The van der Waals surface area contributed by atoms with Crippen molar-refractivity contribution in [2.45, 2.75) is 40.2 Å². The fourth-order valence-electron chi connectivity index (χ4n) is 2.25. The average Bonchev–Trinajstić information content (AvgIpc) is 2.17. The molecule has 0 spiro atoms. The van der Waals surface area contributed by atoms with E-state index in [1.165, 1.54) is 5.69 Å². The lowest BCUT2D eigenvalue weighted by Crippen LogP contribution is -2.16. The summed E-state index contributed by atoms with van der Waals surface area (Å²) in [6, 6.07) is 6.16. The van der Waals surface area contributed by atoms with Crippen LogP contribution in [0.1, 0.15) is 45.0 Å². The van der Waals surface area contributed by atoms with Crippen LogP contribution in [0.5, 0.6) is 0 Å². The van der Waals surface area contributed by atoms with Gasteiger partial charge in [-0.05, 0) is 24.0 Å². The number of nitrogens with zero attached hydrogens (tertiary/aromatic N) is 1. The lowest BCUT2D eigenvalue weighted by molar-refractivity contribution is 0.379. The molecule has 0 fully saturated rings. The topological polar surface area (TPSA) is 38.9 Å². The molecule has 2 nitrogen and oxygen atoms in total. The third-order valence-corrected chi connectivity index (χ3v) is 2.82. The first-order valence-corrected chi connectivity index (χ1v) is 5.72. The summed E-state index contributed by atoms with van der Waals surface area (Å²) in [5.41, 5.74) is 7.78. The van der Waals surface area contributed by atoms with Gasteiger partial charge in [0, 0.05) is 18.2 Å². The maximum Gasteiger partial charge on any atom is 0.0542 e. The molecule has 0 bridgehead atoms. The first kappa shape index (κ1) is 12.2. The molecule has 84 valence electrons. The van der Waals surface area contributed by atoms with Crippen molar-refractivity contribution >= 4 is 0 Å². The normalized spacial score (nSPS) is 11.7. The highest BCUT2D eigenvalue weighted by molar-refractivity contribution is 5.16. The van der Waals surface area contributed by atoms with E-state index in [1.807, 2.05) is 6.07 Å². The highest BCUT2D eigenvalue weighted by Crippen LogP contribution is 2.30. The summed E-state index contributed by atoms with van der Waals surface area (Å²) in [4.78, 5) is 4.61. The predicted octanol–water partition coefficient (Wildman–Crippen LogP) is 2.94. The molecule has 1 aromatic heterocycles. The molecule has 15 heavy (non-hydrogen) atoms. The van der Waals surface area contributed by atoms with Crippen molar-refractivity contribution in [3.8, 4) is 0 Å². The summed E-state index contributed by atoms with van der Waals surface area (Å²) >= 11 is 0. The second-order valence-electron chi connectivity index (χ2n) is 4.77. The predicted molar refractivity (Wildman–Crippen MR) is 64.5 cm³/mol. The molecule has 0 aromatic carbocycles. The monoisotopic (exact) mass is 206 g/mol. The fourth-order valence-corrected chi connectivity index (χ4v) is 2.25. The first-order chi connectivity index (χ1) is 7.06. The van der Waals surface area contributed by atoms with Crippen LogP contribution in [0.25, 0.3) is 0 Å². The Hall–Kier alpha value is -0.890. The molecule has 2 heteroatoms. The van der Waals surface area contributed by atoms with Gasteiger partial charge >= 0.3 is 0 Å². The molecule has 0 radical (unpaired) electrons. The summed E-state index contributed by atoms with van der Waals surface area (Å²) in [6.45, 7) is 9.53. The highest BCUT2D eigenvalue weighted by Gasteiger charge is 2.20. The lowest BCUT2D eigenvalue weighted by atomic mass is 9.83. The van der Waals surface area contributed by atoms with Crippen molar-refractivity contribution in [3.63, 3.8) is 0 Å². The molecule has 1 heterocycles. The summed E-state index contributed by atoms with van der Waals surface area (Å²) in [7, 11) is 0. The molecule has 0 saturated heterocycles. The van der Waals surface area contributed by atoms with Crippen LogP contribution < -0.4 is 5.73 Å². The van der Waals surface area contributed by atoms with Crippen molar-refractivity contribution in [2.75, 3.05) is 0 Å². The molecule has 1 rings (SSSR count). The van der Waals surface area contributed by atoms with E-state index in [-0.39, 0.29) is 0 Å². The number of rotatable bonds is 4.